The maximum atomic E-state index is 11.2. The minimum atomic E-state index is -0.759. The van der Waals surface area contributed by atoms with Crippen molar-refractivity contribution < 1.29 is 18.8 Å². The zero-order valence-corrected chi connectivity index (χ0v) is 10.1. The van der Waals surface area contributed by atoms with Crippen molar-refractivity contribution in [1.29, 1.82) is 0 Å². The lowest BCUT2D eigenvalue weighted by atomic mass is 10.2. The number of aryl methyl sites for hydroxylation is 1. The maximum Gasteiger partial charge on any atom is 0.513 e. The van der Waals surface area contributed by atoms with E-state index in [-0.39, 0.29) is 0 Å². The van der Waals surface area contributed by atoms with E-state index in [0.29, 0.717) is 28.5 Å². The third-order valence-corrected chi connectivity index (χ3v) is 2.96. The molecule has 3 rings (SSSR count). The molecule has 6 nitrogen and oxygen atoms in total. The first-order valence-electron chi connectivity index (χ1n) is 5.71. The Morgan fingerprint density at radius 3 is 2.94 bits per heavy atom. The van der Waals surface area contributed by atoms with Crippen LogP contribution < -0.4 is 4.74 Å². The molecule has 0 saturated heterocycles. The molecule has 0 amide bonds. The standard InChI is InChI=1S/C12H12N2O4/c1-6-10-9(17-12(15)16-2)5-8(7-3-4-7)13-11(10)18-14-6/h5,7H,3-4H2,1-2H3. The summed E-state index contributed by atoms with van der Waals surface area (Å²) in [7, 11) is 1.27. The first-order chi connectivity index (χ1) is 8.69. The fourth-order valence-corrected chi connectivity index (χ4v) is 1.87. The van der Waals surface area contributed by atoms with Gasteiger partial charge in [0, 0.05) is 12.0 Å². The molecule has 1 saturated carbocycles. The molecule has 18 heavy (non-hydrogen) atoms. The molecule has 0 unspecified atom stereocenters. The van der Waals surface area contributed by atoms with Gasteiger partial charge in [0.15, 0.2) is 5.75 Å². The molecular weight excluding hydrogens is 236 g/mol. The molecule has 1 aliphatic carbocycles. The van der Waals surface area contributed by atoms with Crippen molar-refractivity contribution in [3.05, 3.63) is 17.5 Å². The summed E-state index contributed by atoms with van der Waals surface area (Å²) in [4.78, 5) is 15.6. The molecular formula is C12H12N2O4. The Labute approximate surface area is 103 Å². The molecule has 0 spiro atoms. The molecule has 6 heteroatoms. The molecule has 0 aliphatic heterocycles. The fourth-order valence-electron chi connectivity index (χ4n) is 1.87. The van der Waals surface area contributed by atoms with Crippen molar-refractivity contribution in [3.63, 3.8) is 0 Å². The van der Waals surface area contributed by atoms with Gasteiger partial charge in [-0.1, -0.05) is 5.16 Å². The van der Waals surface area contributed by atoms with Gasteiger partial charge in [-0.15, -0.1) is 0 Å². The number of carbonyl (C=O) groups excluding carboxylic acids is 1. The van der Waals surface area contributed by atoms with E-state index in [1.807, 2.05) is 0 Å². The van der Waals surface area contributed by atoms with Crippen LogP contribution in [0.1, 0.15) is 30.1 Å². The number of hydrogen-bond donors (Lipinski definition) is 0. The van der Waals surface area contributed by atoms with Crippen molar-refractivity contribution >= 4 is 17.3 Å². The summed E-state index contributed by atoms with van der Waals surface area (Å²) >= 11 is 0. The maximum absolute atomic E-state index is 11.2. The fraction of sp³-hybridized carbons (Fsp3) is 0.417. The number of carbonyl (C=O) groups is 1. The monoisotopic (exact) mass is 248 g/mol. The lowest BCUT2D eigenvalue weighted by Crippen LogP contribution is -2.08. The van der Waals surface area contributed by atoms with Crippen LogP contribution in [0.25, 0.3) is 11.1 Å². The van der Waals surface area contributed by atoms with Gasteiger partial charge >= 0.3 is 6.16 Å². The zero-order chi connectivity index (χ0) is 12.7. The summed E-state index contributed by atoms with van der Waals surface area (Å²) in [5.74, 6) is 0.826. The van der Waals surface area contributed by atoms with Crippen LogP contribution in [0, 0.1) is 6.92 Å². The van der Waals surface area contributed by atoms with Gasteiger partial charge in [0.05, 0.1) is 18.5 Å². The minimum absolute atomic E-state index is 0.396. The van der Waals surface area contributed by atoms with Gasteiger partial charge in [-0.2, -0.15) is 0 Å². The quantitative estimate of drug-likeness (QED) is 0.760. The van der Waals surface area contributed by atoms with Crippen LogP contribution in [0.3, 0.4) is 0 Å². The van der Waals surface area contributed by atoms with E-state index >= 15 is 0 Å². The van der Waals surface area contributed by atoms with E-state index in [4.69, 9.17) is 9.26 Å². The molecule has 0 bridgehead atoms. The molecule has 2 aromatic heterocycles. The average molecular weight is 248 g/mol. The predicted molar refractivity (Wildman–Crippen MR) is 61.5 cm³/mol. The average Bonchev–Trinajstić information content (AvgIpc) is 3.14. The van der Waals surface area contributed by atoms with Crippen LogP contribution in [0.2, 0.25) is 0 Å². The zero-order valence-electron chi connectivity index (χ0n) is 10.1. The Morgan fingerprint density at radius 1 is 1.50 bits per heavy atom. The molecule has 1 fully saturated rings. The van der Waals surface area contributed by atoms with Crippen molar-refractivity contribution in [3.8, 4) is 5.75 Å². The topological polar surface area (TPSA) is 74.5 Å². The number of nitrogens with zero attached hydrogens (tertiary/aromatic N) is 2. The first-order valence-corrected chi connectivity index (χ1v) is 5.71. The van der Waals surface area contributed by atoms with Crippen molar-refractivity contribution in [1.82, 2.24) is 10.1 Å². The summed E-state index contributed by atoms with van der Waals surface area (Å²) in [6.07, 6.45) is 1.44. The molecule has 2 heterocycles. The van der Waals surface area contributed by atoms with Gasteiger partial charge in [-0.05, 0) is 19.8 Å². The SMILES string of the molecule is COC(=O)Oc1cc(C2CC2)nc2onc(C)c12. The second-order valence-electron chi connectivity index (χ2n) is 4.32. The van der Waals surface area contributed by atoms with E-state index in [2.05, 4.69) is 14.9 Å². The van der Waals surface area contributed by atoms with Crippen LogP contribution in [-0.2, 0) is 4.74 Å². The summed E-state index contributed by atoms with van der Waals surface area (Å²) in [6.45, 7) is 1.77. The van der Waals surface area contributed by atoms with Gasteiger partial charge in [0.2, 0.25) is 0 Å². The minimum Gasteiger partial charge on any atom is -0.437 e. The van der Waals surface area contributed by atoms with Gasteiger partial charge in [0.25, 0.3) is 5.71 Å². The third-order valence-electron chi connectivity index (χ3n) is 2.96. The number of aromatic nitrogens is 2. The lowest BCUT2D eigenvalue weighted by Gasteiger charge is -2.05. The number of hydrogen-bond acceptors (Lipinski definition) is 6. The van der Waals surface area contributed by atoms with E-state index in [9.17, 15) is 4.79 Å². The highest BCUT2D eigenvalue weighted by Gasteiger charge is 2.28. The van der Waals surface area contributed by atoms with E-state index < -0.39 is 6.16 Å². The Hall–Kier alpha value is -2.11. The highest BCUT2D eigenvalue weighted by molar-refractivity contribution is 5.85. The number of rotatable bonds is 2. The second kappa shape index (κ2) is 3.97. The number of ether oxygens (including phenoxy) is 2. The largest absolute Gasteiger partial charge is 0.513 e. The van der Waals surface area contributed by atoms with Crippen LogP contribution in [-0.4, -0.2) is 23.4 Å². The number of fused-ring (bicyclic) bond motifs is 1. The Kier molecular flexibility index (Phi) is 2.43. The molecule has 0 atom stereocenters. The van der Waals surface area contributed by atoms with Crippen molar-refractivity contribution in [2.45, 2.75) is 25.7 Å². The third kappa shape index (κ3) is 1.79. The van der Waals surface area contributed by atoms with Crippen molar-refractivity contribution in [2.75, 3.05) is 7.11 Å². The van der Waals surface area contributed by atoms with E-state index in [1.54, 1.807) is 13.0 Å². The smallest absolute Gasteiger partial charge is 0.437 e. The molecule has 0 aromatic carbocycles. The van der Waals surface area contributed by atoms with Crippen LogP contribution in [0.5, 0.6) is 5.75 Å². The summed E-state index contributed by atoms with van der Waals surface area (Å²) in [5, 5.41) is 4.46. The van der Waals surface area contributed by atoms with E-state index in [1.165, 1.54) is 7.11 Å². The van der Waals surface area contributed by atoms with Crippen LogP contribution >= 0.6 is 0 Å². The molecule has 2 aromatic rings. The van der Waals surface area contributed by atoms with Gasteiger partial charge in [-0.25, -0.2) is 9.78 Å². The van der Waals surface area contributed by atoms with Crippen molar-refractivity contribution in [2.24, 2.45) is 0 Å². The Bertz CT molecular complexity index is 616. The Morgan fingerprint density at radius 2 is 2.28 bits per heavy atom. The van der Waals surface area contributed by atoms with Gasteiger partial charge in [-0.3, -0.25) is 0 Å². The second-order valence-corrected chi connectivity index (χ2v) is 4.32. The molecule has 94 valence electrons. The Balaban J connectivity index is 2.12. The number of pyridine rings is 1. The predicted octanol–water partition coefficient (Wildman–Crippen LogP) is 2.55. The highest BCUT2D eigenvalue weighted by Crippen LogP contribution is 2.42. The normalized spacial score (nSPS) is 14.8. The lowest BCUT2D eigenvalue weighted by molar-refractivity contribution is 0.122. The van der Waals surface area contributed by atoms with Gasteiger partial charge in [0.1, 0.15) is 5.39 Å². The summed E-state index contributed by atoms with van der Waals surface area (Å²) < 4.78 is 14.8. The van der Waals surface area contributed by atoms with Crippen LogP contribution in [0.15, 0.2) is 10.6 Å². The molecule has 1 aliphatic rings. The first kappa shape index (κ1) is 11.0. The van der Waals surface area contributed by atoms with E-state index in [0.717, 1.165) is 18.5 Å². The summed E-state index contributed by atoms with van der Waals surface area (Å²) in [5.41, 5.74) is 1.91. The molecule has 0 radical (unpaired) electrons. The van der Waals surface area contributed by atoms with Gasteiger partial charge < -0.3 is 14.0 Å². The molecule has 0 N–H and O–H groups in total. The highest BCUT2D eigenvalue weighted by atomic mass is 16.7. The van der Waals surface area contributed by atoms with Crippen LogP contribution in [0.4, 0.5) is 4.79 Å². The summed E-state index contributed by atoms with van der Waals surface area (Å²) in [6, 6.07) is 1.76. The number of methoxy groups -OCH3 is 1.